The number of aryl methyl sites for hydroxylation is 1. The summed E-state index contributed by atoms with van der Waals surface area (Å²) in [6, 6.07) is 11.1. The van der Waals surface area contributed by atoms with E-state index in [9.17, 15) is 9.59 Å². The van der Waals surface area contributed by atoms with Gasteiger partial charge in [0.15, 0.2) is 0 Å². The zero-order chi connectivity index (χ0) is 22.9. The lowest BCUT2D eigenvalue weighted by molar-refractivity contribution is 0.0947. The quantitative estimate of drug-likeness (QED) is 0.502. The smallest absolute Gasteiger partial charge is 0.256 e. The first-order chi connectivity index (χ1) is 15.2. The van der Waals surface area contributed by atoms with Gasteiger partial charge in [-0.2, -0.15) is 0 Å². The molecule has 0 radical (unpaired) electrons. The number of fused-ring (bicyclic) bond motifs is 1. The van der Waals surface area contributed by atoms with Crippen LogP contribution in [0.4, 0.5) is 5.00 Å². The van der Waals surface area contributed by atoms with Crippen molar-refractivity contribution < 1.29 is 14.0 Å². The molecule has 168 valence electrons. The minimum atomic E-state index is -0.186. The molecule has 6 heteroatoms. The van der Waals surface area contributed by atoms with E-state index in [0.29, 0.717) is 34.4 Å². The van der Waals surface area contributed by atoms with Crippen LogP contribution >= 0.6 is 11.3 Å². The van der Waals surface area contributed by atoms with Crippen molar-refractivity contribution in [1.29, 1.82) is 0 Å². The zero-order valence-electron chi connectivity index (χ0n) is 19.1. The van der Waals surface area contributed by atoms with Gasteiger partial charge in [-0.1, -0.05) is 39.0 Å². The van der Waals surface area contributed by atoms with Gasteiger partial charge in [-0.05, 0) is 66.8 Å². The second-order valence-electron chi connectivity index (χ2n) is 9.54. The largest absolute Gasteiger partial charge is 0.467 e. The van der Waals surface area contributed by atoms with Crippen LogP contribution in [0.15, 0.2) is 47.1 Å². The summed E-state index contributed by atoms with van der Waals surface area (Å²) in [5, 5.41) is 6.65. The second kappa shape index (κ2) is 8.94. The molecular formula is C26H30N2O3S. The molecule has 3 aromatic rings. The van der Waals surface area contributed by atoms with Gasteiger partial charge in [-0.3, -0.25) is 9.59 Å². The maximum Gasteiger partial charge on any atom is 0.256 e. The number of hydrogen-bond acceptors (Lipinski definition) is 4. The number of nitrogens with one attached hydrogen (secondary N) is 2. The van der Waals surface area contributed by atoms with Crippen LogP contribution in [0.5, 0.6) is 0 Å². The summed E-state index contributed by atoms with van der Waals surface area (Å²) in [6.45, 7) is 9.04. The highest BCUT2D eigenvalue weighted by Gasteiger charge is 2.34. The van der Waals surface area contributed by atoms with Crippen LogP contribution in [0.3, 0.4) is 0 Å². The molecule has 1 atom stereocenters. The minimum absolute atomic E-state index is 0.173. The Morgan fingerprint density at radius 2 is 1.91 bits per heavy atom. The average Bonchev–Trinajstić information content (AvgIpc) is 3.38. The van der Waals surface area contributed by atoms with E-state index in [0.717, 1.165) is 30.4 Å². The molecule has 0 fully saturated rings. The van der Waals surface area contributed by atoms with Crippen LogP contribution < -0.4 is 10.6 Å². The number of carbonyl (C=O) groups is 2. The molecule has 0 saturated heterocycles. The summed E-state index contributed by atoms with van der Waals surface area (Å²) < 4.78 is 5.35. The molecular weight excluding hydrogens is 420 g/mol. The van der Waals surface area contributed by atoms with Crippen molar-refractivity contribution in [2.45, 2.75) is 53.5 Å². The number of hydrogen-bond donors (Lipinski definition) is 2. The van der Waals surface area contributed by atoms with Crippen molar-refractivity contribution in [1.82, 2.24) is 5.32 Å². The number of benzene rings is 1. The molecule has 2 amide bonds. The normalized spacial score (nSPS) is 15.8. The number of furan rings is 1. The van der Waals surface area contributed by atoms with Gasteiger partial charge in [0, 0.05) is 10.4 Å². The van der Waals surface area contributed by atoms with Crippen molar-refractivity contribution in [3.8, 4) is 0 Å². The predicted molar refractivity (Wildman–Crippen MR) is 128 cm³/mol. The van der Waals surface area contributed by atoms with Crippen LogP contribution in [0.25, 0.3) is 0 Å². The van der Waals surface area contributed by atoms with E-state index in [2.05, 4.69) is 31.4 Å². The molecule has 32 heavy (non-hydrogen) atoms. The summed E-state index contributed by atoms with van der Waals surface area (Å²) in [4.78, 5) is 27.5. The van der Waals surface area contributed by atoms with Gasteiger partial charge in [0.25, 0.3) is 11.8 Å². The SMILES string of the molecule is Cc1ccccc1C(=O)Nc1sc2c(c1C(=O)NCc1ccco1)CC[C@@H](C(C)(C)C)C2. The Balaban J connectivity index is 1.65. The van der Waals surface area contributed by atoms with E-state index >= 15 is 0 Å². The first kappa shape index (κ1) is 22.3. The molecule has 2 aromatic heterocycles. The highest BCUT2D eigenvalue weighted by atomic mass is 32.1. The van der Waals surface area contributed by atoms with Crippen molar-refractivity contribution in [3.05, 3.63) is 75.6 Å². The van der Waals surface area contributed by atoms with Gasteiger partial charge < -0.3 is 15.1 Å². The minimum Gasteiger partial charge on any atom is -0.467 e. The summed E-state index contributed by atoms with van der Waals surface area (Å²) >= 11 is 1.55. The third-order valence-electron chi connectivity index (χ3n) is 6.34. The van der Waals surface area contributed by atoms with Gasteiger partial charge in [0.05, 0.1) is 18.4 Å². The summed E-state index contributed by atoms with van der Waals surface area (Å²) in [5.74, 6) is 0.885. The van der Waals surface area contributed by atoms with Crippen molar-refractivity contribution >= 4 is 28.2 Å². The Bertz CT molecular complexity index is 1120. The fourth-order valence-electron chi connectivity index (χ4n) is 4.32. The standard InChI is InChI=1S/C26H30N2O3S/c1-16-8-5-6-10-19(16)23(29)28-25-22(24(30)27-15-18-9-7-13-31-18)20-12-11-17(26(2,3)4)14-21(20)32-25/h5-10,13,17H,11-12,14-15H2,1-4H3,(H,27,30)(H,28,29)/t17-/m1/s1. The van der Waals surface area contributed by atoms with Crippen molar-refractivity contribution in [2.24, 2.45) is 11.3 Å². The molecule has 1 aliphatic carbocycles. The maximum absolute atomic E-state index is 13.3. The Labute approximate surface area is 193 Å². The van der Waals surface area contributed by atoms with E-state index in [4.69, 9.17) is 4.42 Å². The molecule has 2 N–H and O–H groups in total. The van der Waals surface area contributed by atoms with Crippen LogP contribution in [0.1, 0.15) is 69.7 Å². The van der Waals surface area contributed by atoms with Crippen molar-refractivity contribution in [2.75, 3.05) is 5.32 Å². The predicted octanol–water partition coefficient (Wildman–Crippen LogP) is 5.98. The Morgan fingerprint density at radius 3 is 2.59 bits per heavy atom. The summed E-state index contributed by atoms with van der Waals surface area (Å²) in [5.41, 5.74) is 3.41. The van der Waals surface area contributed by atoms with E-state index in [1.165, 1.54) is 4.88 Å². The molecule has 0 spiro atoms. The molecule has 0 saturated carbocycles. The number of rotatable bonds is 5. The molecule has 0 bridgehead atoms. The van der Waals surface area contributed by atoms with Crippen LogP contribution in [-0.2, 0) is 19.4 Å². The zero-order valence-corrected chi connectivity index (χ0v) is 19.9. The number of thiophene rings is 1. The lowest BCUT2D eigenvalue weighted by Crippen LogP contribution is -2.28. The van der Waals surface area contributed by atoms with E-state index < -0.39 is 0 Å². The van der Waals surface area contributed by atoms with E-state index in [1.54, 1.807) is 23.7 Å². The average molecular weight is 451 g/mol. The molecule has 4 rings (SSSR count). The lowest BCUT2D eigenvalue weighted by Gasteiger charge is -2.33. The first-order valence-corrected chi connectivity index (χ1v) is 11.9. The highest BCUT2D eigenvalue weighted by Crippen LogP contribution is 2.44. The Morgan fingerprint density at radius 1 is 1.12 bits per heavy atom. The Hall–Kier alpha value is -2.86. The third-order valence-corrected chi connectivity index (χ3v) is 7.51. The van der Waals surface area contributed by atoms with Crippen LogP contribution in [-0.4, -0.2) is 11.8 Å². The lowest BCUT2D eigenvalue weighted by atomic mass is 9.72. The van der Waals surface area contributed by atoms with Gasteiger partial charge in [0.2, 0.25) is 0 Å². The maximum atomic E-state index is 13.3. The molecule has 5 nitrogen and oxygen atoms in total. The molecule has 1 aromatic carbocycles. The Kier molecular flexibility index (Phi) is 6.24. The fraction of sp³-hybridized carbons (Fsp3) is 0.385. The van der Waals surface area contributed by atoms with Gasteiger partial charge >= 0.3 is 0 Å². The monoisotopic (exact) mass is 450 g/mol. The van der Waals surface area contributed by atoms with E-state index in [1.807, 2.05) is 37.3 Å². The van der Waals surface area contributed by atoms with Crippen molar-refractivity contribution in [3.63, 3.8) is 0 Å². The summed E-state index contributed by atoms with van der Waals surface area (Å²) in [7, 11) is 0. The first-order valence-electron chi connectivity index (χ1n) is 11.1. The topological polar surface area (TPSA) is 71.3 Å². The number of carbonyl (C=O) groups excluding carboxylic acids is 2. The molecule has 2 heterocycles. The molecule has 0 unspecified atom stereocenters. The highest BCUT2D eigenvalue weighted by molar-refractivity contribution is 7.17. The van der Waals surface area contributed by atoms with Crippen LogP contribution in [0, 0.1) is 18.3 Å². The van der Waals surface area contributed by atoms with Gasteiger partial charge in [-0.25, -0.2) is 0 Å². The van der Waals surface area contributed by atoms with Gasteiger partial charge in [0.1, 0.15) is 10.8 Å². The second-order valence-corrected chi connectivity index (χ2v) is 10.6. The fourth-order valence-corrected chi connectivity index (χ4v) is 5.64. The summed E-state index contributed by atoms with van der Waals surface area (Å²) in [6.07, 6.45) is 4.41. The molecule has 0 aliphatic heterocycles. The van der Waals surface area contributed by atoms with Crippen LogP contribution in [0.2, 0.25) is 0 Å². The number of amides is 2. The van der Waals surface area contributed by atoms with E-state index in [-0.39, 0.29) is 17.2 Å². The number of anilines is 1. The molecule has 1 aliphatic rings. The third kappa shape index (κ3) is 4.65. The van der Waals surface area contributed by atoms with Gasteiger partial charge in [-0.15, -0.1) is 11.3 Å².